The highest BCUT2D eigenvalue weighted by molar-refractivity contribution is 5.73. The molecule has 0 fully saturated rings. The normalized spacial score (nSPS) is 12.2. The molecule has 0 aliphatic heterocycles. The third-order valence-electron chi connectivity index (χ3n) is 1.66. The van der Waals surface area contributed by atoms with E-state index >= 15 is 0 Å². The van der Waals surface area contributed by atoms with Crippen molar-refractivity contribution in [3.8, 4) is 0 Å². The largest absolute Gasteiger partial charge is 0.335 e. The smallest absolute Gasteiger partial charge is 0.330 e. The molecular weight excluding hydrogens is 172 g/mol. The summed E-state index contributed by atoms with van der Waals surface area (Å²) in [6, 6.07) is 4.34. The second-order valence-electron chi connectivity index (χ2n) is 2.68. The molecule has 0 saturated carbocycles. The molecule has 0 saturated heterocycles. The zero-order valence-electron chi connectivity index (χ0n) is 6.62. The number of rotatable bonds is 1. The molecule has 0 spiro atoms. The van der Waals surface area contributed by atoms with Crippen molar-refractivity contribution < 1.29 is 10.2 Å². The van der Waals surface area contributed by atoms with E-state index in [1.165, 1.54) is 0 Å². The molecule has 0 unspecified atom stereocenters. The molecule has 2 rings (SSSR count). The van der Waals surface area contributed by atoms with Gasteiger partial charge < -0.3 is 10.2 Å². The molecule has 0 atom stereocenters. The van der Waals surface area contributed by atoms with Crippen LogP contribution in [0.3, 0.4) is 0 Å². The van der Waals surface area contributed by atoms with Gasteiger partial charge in [-0.15, -0.1) is 5.10 Å². The lowest BCUT2D eigenvalue weighted by molar-refractivity contribution is -0.229. The van der Waals surface area contributed by atoms with Crippen LogP contribution in [0.2, 0.25) is 0 Å². The van der Waals surface area contributed by atoms with Crippen molar-refractivity contribution in [1.82, 2.24) is 15.0 Å². The minimum absolute atomic E-state index is 0.468. The number of aliphatic hydroxyl groups is 2. The summed E-state index contributed by atoms with van der Waals surface area (Å²) in [5.41, 5.74) is 6.06. The number of hydrogen-bond donors (Lipinski definition) is 3. The molecule has 6 heteroatoms. The highest BCUT2D eigenvalue weighted by Crippen LogP contribution is 2.12. The van der Waals surface area contributed by atoms with Crippen LogP contribution in [0.4, 0.5) is 0 Å². The second kappa shape index (κ2) is 2.49. The predicted octanol–water partition coefficient (Wildman–Crippen LogP) is -1.06. The van der Waals surface area contributed by atoms with Crippen molar-refractivity contribution in [2.45, 2.75) is 6.03 Å². The minimum atomic E-state index is -2.50. The second-order valence-corrected chi connectivity index (χ2v) is 2.68. The minimum Gasteiger partial charge on any atom is -0.335 e. The van der Waals surface area contributed by atoms with Gasteiger partial charge >= 0.3 is 6.03 Å². The van der Waals surface area contributed by atoms with Crippen LogP contribution in [-0.4, -0.2) is 25.2 Å². The summed E-state index contributed by atoms with van der Waals surface area (Å²) in [6.45, 7) is 0. The van der Waals surface area contributed by atoms with Crippen molar-refractivity contribution >= 4 is 11.0 Å². The van der Waals surface area contributed by atoms with Crippen LogP contribution < -0.4 is 5.73 Å². The lowest BCUT2D eigenvalue weighted by Crippen LogP contribution is -2.43. The first-order chi connectivity index (χ1) is 6.09. The van der Waals surface area contributed by atoms with Crippen molar-refractivity contribution in [3.05, 3.63) is 24.3 Å². The predicted molar refractivity (Wildman–Crippen MR) is 44.1 cm³/mol. The first-order valence-corrected chi connectivity index (χ1v) is 3.63. The Morgan fingerprint density at radius 2 is 2.00 bits per heavy atom. The van der Waals surface area contributed by atoms with Crippen LogP contribution in [-0.2, 0) is 6.03 Å². The number of para-hydroxylation sites is 1. The average molecular weight is 180 g/mol. The molecule has 0 aliphatic carbocycles. The Balaban J connectivity index is 2.72. The van der Waals surface area contributed by atoms with E-state index in [9.17, 15) is 0 Å². The Hall–Kier alpha value is -1.50. The van der Waals surface area contributed by atoms with E-state index in [1.54, 1.807) is 24.3 Å². The summed E-state index contributed by atoms with van der Waals surface area (Å²) < 4.78 is 0.836. The fraction of sp³-hybridized carbons (Fsp3) is 0.143. The average Bonchev–Trinajstić information content (AvgIpc) is 2.45. The zero-order chi connectivity index (χ0) is 9.47. The lowest BCUT2D eigenvalue weighted by atomic mass is 10.3. The van der Waals surface area contributed by atoms with Crippen LogP contribution in [0, 0.1) is 0 Å². The van der Waals surface area contributed by atoms with Gasteiger partial charge in [-0.1, -0.05) is 17.3 Å². The first-order valence-electron chi connectivity index (χ1n) is 3.63. The van der Waals surface area contributed by atoms with E-state index in [0.29, 0.717) is 11.0 Å². The molecule has 13 heavy (non-hydrogen) atoms. The maximum absolute atomic E-state index is 9.07. The Morgan fingerprint density at radius 1 is 1.31 bits per heavy atom. The SMILES string of the molecule is NC(O)(O)n1nnc2ccccc21. The van der Waals surface area contributed by atoms with Gasteiger partial charge in [0.2, 0.25) is 0 Å². The summed E-state index contributed by atoms with van der Waals surface area (Å²) in [6.07, 6.45) is 0. The quantitative estimate of drug-likeness (QED) is 0.486. The molecule has 1 aromatic carbocycles. The van der Waals surface area contributed by atoms with Crippen molar-refractivity contribution in [3.63, 3.8) is 0 Å². The number of benzene rings is 1. The van der Waals surface area contributed by atoms with Crippen molar-refractivity contribution in [2.24, 2.45) is 5.73 Å². The molecule has 0 radical (unpaired) electrons. The van der Waals surface area contributed by atoms with Crippen LogP contribution in [0.1, 0.15) is 0 Å². The van der Waals surface area contributed by atoms with Gasteiger partial charge in [0.05, 0.1) is 5.52 Å². The highest BCUT2D eigenvalue weighted by atomic mass is 16.5. The van der Waals surface area contributed by atoms with Gasteiger partial charge in [-0.05, 0) is 12.1 Å². The lowest BCUT2D eigenvalue weighted by Gasteiger charge is -2.14. The molecule has 0 amide bonds. The zero-order valence-corrected chi connectivity index (χ0v) is 6.62. The maximum Gasteiger partial charge on any atom is 0.330 e. The van der Waals surface area contributed by atoms with Crippen molar-refractivity contribution in [2.75, 3.05) is 0 Å². The van der Waals surface area contributed by atoms with Gasteiger partial charge in [-0.25, -0.2) is 0 Å². The van der Waals surface area contributed by atoms with Gasteiger partial charge in [-0.2, -0.15) is 4.68 Å². The molecule has 1 aromatic heterocycles. The van der Waals surface area contributed by atoms with Gasteiger partial charge in [0.25, 0.3) is 0 Å². The topological polar surface area (TPSA) is 97.2 Å². The number of fused-ring (bicyclic) bond motifs is 1. The molecular formula is C7H8N4O2. The Kier molecular flexibility index (Phi) is 1.56. The third kappa shape index (κ3) is 1.26. The van der Waals surface area contributed by atoms with Crippen molar-refractivity contribution in [1.29, 1.82) is 0 Å². The third-order valence-corrected chi connectivity index (χ3v) is 1.66. The van der Waals surface area contributed by atoms with Gasteiger partial charge in [0.15, 0.2) is 0 Å². The highest BCUT2D eigenvalue weighted by Gasteiger charge is 2.22. The molecule has 4 N–H and O–H groups in total. The van der Waals surface area contributed by atoms with Gasteiger partial charge in [-0.3, -0.25) is 5.73 Å². The standard InChI is InChI=1S/C7H8N4O2/c8-7(12,13)11-6-4-2-1-3-5(6)9-10-11/h1-4,12-13H,8H2. The van der Waals surface area contributed by atoms with Crippen LogP contribution in [0.25, 0.3) is 11.0 Å². The van der Waals surface area contributed by atoms with E-state index in [-0.39, 0.29) is 0 Å². The Bertz CT molecular complexity index is 431. The van der Waals surface area contributed by atoms with E-state index < -0.39 is 6.03 Å². The van der Waals surface area contributed by atoms with Gasteiger partial charge in [0, 0.05) is 0 Å². The van der Waals surface area contributed by atoms with E-state index in [2.05, 4.69) is 10.3 Å². The summed E-state index contributed by atoms with van der Waals surface area (Å²) in [7, 11) is 0. The van der Waals surface area contributed by atoms with E-state index in [0.717, 1.165) is 4.68 Å². The Morgan fingerprint density at radius 3 is 2.69 bits per heavy atom. The van der Waals surface area contributed by atoms with E-state index in [4.69, 9.17) is 15.9 Å². The van der Waals surface area contributed by atoms with Crippen LogP contribution in [0.5, 0.6) is 0 Å². The number of nitrogens with zero attached hydrogens (tertiary/aromatic N) is 3. The number of hydrogen-bond acceptors (Lipinski definition) is 5. The molecule has 0 aliphatic rings. The van der Waals surface area contributed by atoms with E-state index in [1.807, 2.05) is 0 Å². The summed E-state index contributed by atoms with van der Waals surface area (Å²) in [5.74, 6) is 0. The fourth-order valence-electron chi connectivity index (χ4n) is 1.11. The molecule has 1 heterocycles. The summed E-state index contributed by atoms with van der Waals surface area (Å²) >= 11 is 0. The number of nitrogens with two attached hydrogens (primary N) is 1. The maximum atomic E-state index is 9.07. The molecule has 68 valence electrons. The Labute approximate surface area is 73.2 Å². The van der Waals surface area contributed by atoms with Crippen LogP contribution >= 0.6 is 0 Å². The first kappa shape index (κ1) is 8.11. The summed E-state index contributed by atoms with van der Waals surface area (Å²) in [5, 5.41) is 25.3. The number of aromatic nitrogens is 3. The monoisotopic (exact) mass is 180 g/mol. The summed E-state index contributed by atoms with van der Waals surface area (Å²) in [4.78, 5) is 0. The van der Waals surface area contributed by atoms with Gasteiger partial charge in [0.1, 0.15) is 5.52 Å². The molecule has 2 aromatic rings. The fourth-order valence-corrected chi connectivity index (χ4v) is 1.11. The van der Waals surface area contributed by atoms with Crippen LogP contribution in [0.15, 0.2) is 24.3 Å². The molecule has 0 bridgehead atoms. The molecule has 6 nitrogen and oxygen atoms in total.